The minimum atomic E-state index is -0.437. The molecule has 1 amide bonds. The van der Waals surface area contributed by atoms with Gasteiger partial charge in [0, 0.05) is 42.2 Å². The van der Waals surface area contributed by atoms with Gasteiger partial charge in [0.05, 0.1) is 17.7 Å². The quantitative estimate of drug-likeness (QED) is 0.445. The van der Waals surface area contributed by atoms with E-state index in [1.165, 1.54) is 18.3 Å². The fourth-order valence-electron chi connectivity index (χ4n) is 2.96. The molecule has 8 nitrogen and oxygen atoms in total. The maximum atomic E-state index is 11.9. The zero-order chi connectivity index (χ0) is 19.1. The number of benzene rings is 2. The van der Waals surface area contributed by atoms with E-state index >= 15 is 0 Å². The molecule has 0 saturated carbocycles. The standard InChI is InChI=1S/C19H21N5O3/c25-19(14-20-16-6-2-1-3-7-16)22-21-13-15-12-17(24(26)27)8-9-18(15)23-10-4-5-11-23/h1-3,6-9,12-13,20H,4-5,10-11,14H2,(H,22,25). The van der Waals surface area contributed by atoms with Crippen LogP contribution in [0.3, 0.4) is 0 Å². The van der Waals surface area contributed by atoms with E-state index in [2.05, 4.69) is 20.7 Å². The van der Waals surface area contributed by atoms with Crippen molar-refractivity contribution in [2.45, 2.75) is 12.8 Å². The SMILES string of the molecule is O=C(CNc1ccccc1)NN=Cc1cc([N+](=O)[O-])ccc1N1CCCC1. The molecule has 2 aromatic carbocycles. The van der Waals surface area contributed by atoms with Crippen molar-refractivity contribution < 1.29 is 9.72 Å². The van der Waals surface area contributed by atoms with Crippen LogP contribution < -0.4 is 15.6 Å². The Bertz CT molecular complexity index is 832. The number of nitro groups is 1. The Morgan fingerprint density at radius 3 is 2.63 bits per heavy atom. The van der Waals surface area contributed by atoms with E-state index in [1.807, 2.05) is 30.3 Å². The Kier molecular flexibility index (Phi) is 5.98. The number of carbonyl (C=O) groups is 1. The molecule has 0 unspecified atom stereocenters. The molecule has 0 aromatic heterocycles. The number of hydrogen-bond acceptors (Lipinski definition) is 6. The summed E-state index contributed by atoms with van der Waals surface area (Å²) in [6.45, 7) is 1.90. The van der Waals surface area contributed by atoms with Gasteiger partial charge in [0.2, 0.25) is 0 Å². The number of anilines is 2. The van der Waals surface area contributed by atoms with Gasteiger partial charge in [0.25, 0.3) is 11.6 Å². The molecule has 0 bridgehead atoms. The molecule has 0 atom stereocenters. The number of non-ortho nitro benzene ring substituents is 1. The third-order valence-corrected chi connectivity index (χ3v) is 4.29. The van der Waals surface area contributed by atoms with Crippen LogP contribution in [-0.4, -0.2) is 36.7 Å². The Balaban J connectivity index is 1.64. The lowest BCUT2D eigenvalue weighted by Crippen LogP contribution is -2.26. The van der Waals surface area contributed by atoms with Crippen LogP contribution >= 0.6 is 0 Å². The summed E-state index contributed by atoms with van der Waals surface area (Å²) in [5.74, 6) is -0.303. The molecule has 1 aliphatic heterocycles. The predicted molar refractivity (Wildman–Crippen MR) is 105 cm³/mol. The Morgan fingerprint density at radius 2 is 1.93 bits per heavy atom. The van der Waals surface area contributed by atoms with E-state index in [9.17, 15) is 14.9 Å². The van der Waals surface area contributed by atoms with Crippen molar-refractivity contribution in [3.05, 3.63) is 64.2 Å². The highest BCUT2D eigenvalue weighted by Gasteiger charge is 2.17. The molecule has 1 saturated heterocycles. The number of nitro benzene ring substituents is 1. The van der Waals surface area contributed by atoms with Crippen molar-refractivity contribution in [3.63, 3.8) is 0 Å². The molecule has 1 aliphatic rings. The molecule has 3 rings (SSSR count). The monoisotopic (exact) mass is 367 g/mol. The molecule has 0 spiro atoms. The maximum absolute atomic E-state index is 11.9. The van der Waals surface area contributed by atoms with E-state index in [-0.39, 0.29) is 18.1 Å². The zero-order valence-electron chi connectivity index (χ0n) is 14.8. The van der Waals surface area contributed by atoms with Crippen LogP contribution in [0.15, 0.2) is 53.6 Å². The first-order chi connectivity index (χ1) is 13.1. The molecule has 1 heterocycles. The summed E-state index contributed by atoms with van der Waals surface area (Å²) in [6, 6.07) is 14.1. The second kappa shape index (κ2) is 8.79. The molecule has 27 heavy (non-hydrogen) atoms. The minimum Gasteiger partial charge on any atom is -0.376 e. The van der Waals surface area contributed by atoms with E-state index in [1.54, 1.807) is 6.07 Å². The van der Waals surface area contributed by atoms with Crippen LogP contribution in [-0.2, 0) is 4.79 Å². The van der Waals surface area contributed by atoms with Crippen LogP contribution in [0.25, 0.3) is 0 Å². The summed E-state index contributed by atoms with van der Waals surface area (Å²) in [4.78, 5) is 24.7. The Labute approximate surface area is 157 Å². The van der Waals surface area contributed by atoms with Gasteiger partial charge in [-0.3, -0.25) is 14.9 Å². The topological polar surface area (TPSA) is 99.9 Å². The average molecular weight is 367 g/mol. The highest BCUT2D eigenvalue weighted by molar-refractivity contribution is 5.90. The van der Waals surface area contributed by atoms with E-state index in [0.717, 1.165) is 37.3 Å². The first kappa shape index (κ1) is 18.4. The average Bonchev–Trinajstić information content (AvgIpc) is 3.21. The van der Waals surface area contributed by atoms with Gasteiger partial charge >= 0.3 is 0 Å². The number of amides is 1. The molecule has 0 radical (unpaired) electrons. The number of rotatable bonds is 7. The summed E-state index contributed by atoms with van der Waals surface area (Å²) in [5.41, 5.74) is 4.78. The molecular weight excluding hydrogens is 346 g/mol. The third kappa shape index (κ3) is 5.04. The minimum absolute atomic E-state index is 0.00327. The van der Waals surface area contributed by atoms with Gasteiger partial charge in [-0.15, -0.1) is 0 Å². The van der Waals surface area contributed by atoms with Crippen molar-refractivity contribution >= 4 is 29.2 Å². The fraction of sp³-hybridized carbons (Fsp3) is 0.263. The lowest BCUT2D eigenvalue weighted by Gasteiger charge is -2.19. The Hall–Kier alpha value is -3.42. The van der Waals surface area contributed by atoms with Crippen LogP contribution in [0, 0.1) is 10.1 Å². The van der Waals surface area contributed by atoms with Crippen molar-refractivity contribution in [2.75, 3.05) is 29.9 Å². The molecule has 2 N–H and O–H groups in total. The summed E-state index contributed by atoms with van der Waals surface area (Å²) < 4.78 is 0. The largest absolute Gasteiger partial charge is 0.376 e. The van der Waals surface area contributed by atoms with Gasteiger partial charge < -0.3 is 10.2 Å². The number of nitrogens with one attached hydrogen (secondary N) is 2. The van der Waals surface area contributed by atoms with Crippen LogP contribution in [0.2, 0.25) is 0 Å². The number of hydrazone groups is 1. The molecular formula is C19H21N5O3. The van der Waals surface area contributed by atoms with Crippen LogP contribution in [0.5, 0.6) is 0 Å². The summed E-state index contributed by atoms with van der Waals surface area (Å²) in [7, 11) is 0. The van der Waals surface area contributed by atoms with E-state index < -0.39 is 4.92 Å². The normalized spacial score (nSPS) is 13.7. The van der Waals surface area contributed by atoms with Crippen LogP contribution in [0.4, 0.5) is 17.1 Å². The molecule has 1 fully saturated rings. The summed E-state index contributed by atoms with van der Waals surface area (Å²) >= 11 is 0. The second-order valence-electron chi connectivity index (χ2n) is 6.21. The summed E-state index contributed by atoms with van der Waals surface area (Å²) in [5, 5.41) is 18.0. The first-order valence-corrected chi connectivity index (χ1v) is 8.78. The Morgan fingerprint density at radius 1 is 1.19 bits per heavy atom. The van der Waals surface area contributed by atoms with Gasteiger partial charge in [-0.25, -0.2) is 5.43 Å². The third-order valence-electron chi connectivity index (χ3n) is 4.29. The van der Waals surface area contributed by atoms with Gasteiger partial charge in [-0.1, -0.05) is 18.2 Å². The number of para-hydroxylation sites is 1. The van der Waals surface area contributed by atoms with E-state index in [0.29, 0.717) is 5.56 Å². The van der Waals surface area contributed by atoms with Gasteiger partial charge in [0.1, 0.15) is 0 Å². The smallest absolute Gasteiger partial charge is 0.270 e. The van der Waals surface area contributed by atoms with Crippen molar-refractivity contribution in [2.24, 2.45) is 5.10 Å². The summed E-state index contributed by atoms with van der Waals surface area (Å²) in [6.07, 6.45) is 3.64. The highest BCUT2D eigenvalue weighted by atomic mass is 16.6. The lowest BCUT2D eigenvalue weighted by molar-refractivity contribution is -0.384. The predicted octanol–water partition coefficient (Wildman–Crippen LogP) is 2.76. The fourth-order valence-corrected chi connectivity index (χ4v) is 2.96. The highest BCUT2D eigenvalue weighted by Crippen LogP contribution is 2.27. The maximum Gasteiger partial charge on any atom is 0.270 e. The van der Waals surface area contributed by atoms with Crippen molar-refractivity contribution in [1.82, 2.24) is 5.43 Å². The molecule has 2 aromatic rings. The molecule has 8 heteroatoms. The number of hydrogen-bond donors (Lipinski definition) is 2. The molecule has 0 aliphatic carbocycles. The van der Waals surface area contributed by atoms with Gasteiger partial charge in [0.15, 0.2) is 0 Å². The molecule has 140 valence electrons. The lowest BCUT2D eigenvalue weighted by atomic mass is 10.1. The van der Waals surface area contributed by atoms with E-state index in [4.69, 9.17) is 0 Å². The zero-order valence-corrected chi connectivity index (χ0v) is 14.8. The van der Waals surface area contributed by atoms with Gasteiger partial charge in [-0.2, -0.15) is 5.10 Å². The van der Waals surface area contributed by atoms with Crippen molar-refractivity contribution in [1.29, 1.82) is 0 Å². The van der Waals surface area contributed by atoms with Gasteiger partial charge in [-0.05, 0) is 31.0 Å². The van der Waals surface area contributed by atoms with Crippen molar-refractivity contribution in [3.8, 4) is 0 Å². The number of nitrogens with zero attached hydrogens (tertiary/aromatic N) is 3. The number of carbonyl (C=O) groups excluding carboxylic acids is 1. The second-order valence-corrected chi connectivity index (χ2v) is 6.21. The van der Waals surface area contributed by atoms with Crippen LogP contribution in [0.1, 0.15) is 18.4 Å². The first-order valence-electron chi connectivity index (χ1n) is 8.78.